The standard InChI is InChI=1S/C21H26N2O3S/c1-4-5-10-20(24)22-16-11-13-17(14-12-16)27-15(2)21(25)23-18-8-6-7-9-19(18)26-3/h6-9,11-15H,4-5,10H2,1-3H3,(H,22,24)(H,23,25). The number of benzene rings is 2. The molecular formula is C21H26N2O3S. The maximum atomic E-state index is 12.5. The first-order valence-electron chi connectivity index (χ1n) is 9.04. The van der Waals surface area contributed by atoms with E-state index in [1.807, 2.05) is 49.4 Å². The van der Waals surface area contributed by atoms with Crippen LogP contribution in [0.15, 0.2) is 53.4 Å². The van der Waals surface area contributed by atoms with Crippen molar-refractivity contribution in [2.45, 2.75) is 43.3 Å². The van der Waals surface area contributed by atoms with Crippen molar-refractivity contribution in [1.82, 2.24) is 0 Å². The molecule has 0 aliphatic rings. The number of para-hydroxylation sites is 2. The summed E-state index contributed by atoms with van der Waals surface area (Å²) in [5, 5.41) is 5.50. The summed E-state index contributed by atoms with van der Waals surface area (Å²) in [7, 11) is 1.58. The van der Waals surface area contributed by atoms with E-state index in [0.29, 0.717) is 17.9 Å². The molecule has 0 aromatic heterocycles. The van der Waals surface area contributed by atoms with Gasteiger partial charge >= 0.3 is 0 Å². The molecule has 2 amide bonds. The predicted molar refractivity (Wildman–Crippen MR) is 112 cm³/mol. The van der Waals surface area contributed by atoms with Gasteiger partial charge < -0.3 is 15.4 Å². The lowest BCUT2D eigenvalue weighted by Crippen LogP contribution is -2.22. The van der Waals surface area contributed by atoms with Gasteiger partial charge in [0, 0.05) is 17.0 Å². The Morgan fingerprint density at radius 2 is 1.78 bits per heavy atom. The van der Waals surface area contributed by atoms with Crippen LogP contribution in [0.2, 0.25) is 0 Å². The minimum Gasteiger partial charge on any atom is -0.495 e. The summed E-state index contributed by atoms with van der Waals surface area (Å²) in [4.78, 5) is 25.2. The normalized spacial score (nSPS) is 11.5. The summed E-state index contributed by atoms with van der Waals surface area (Å²) >= 11 is 1.46. The molecule has 0 heterocycles. The van der Waals surface area contributed by atoms with Gasteiger partial charge in [0.25, 0.3) is 0 Å². The largest absolute Gasteiger partial charge is 0.495 e. The number of hydrogen-bond donors (Lipinski definition) is 2. The Morgan fingerprint density at radius 1 is 1.07 bits per heavy atom. The second-order valence-corrected chi connectivity index (χ2v) is 7.54. The fraction of sp³-hybridized carbons (Fsp3) is 0.333. The molecule has 0 saturated heterocycles. The monoisotopic (exact) mass is 386 g/mol. The molecule has 27 heavy (non-hydrogen) atoms. The number of rotatable bonds is 9. The first-order valence-corrected chi connectivity index (χ1v) is 9.92. The van der Waals surface area contributed by atoms with Crippen LogP contribution in [0.1, 0.15) is 33.1 Å². The van der Waals surface area contributed by atoms with E-state index in [1.54, 1.807) is 13.2 Å². The highest BCUT2D eigenvalue weighted by Gasteiger charge is 2.16. The highest BCUT2D eigenvalue weighted by Crippen LogP contribution is 2.28. The van der Waals surface area contributed by atoms with Crippen LogP contribution in [-0.4, -0.2) is 24.2 Å². The van der Waals surface area contributed by atoms with Crippen molar-refractivity contribution in [3.05, 3.63) is 48.5 Å². The number of unbranched alkanes of at least 4 members (excludes halogenated alkanes) is 1. The van der Waals surface area contributed by atoms with Crippen molar-refractivity contribution in [1.29, 1.82) is 0 Å². The fourth-order valence-corrected chi connectivity index (χ4v) is 3.29. The van der Waals surface area contributed by atoms with E-state index in [9.17, 15) is 9.59 Å². The maximum absolute atomic E-state index is 12.5. The molecule has 0 fully saturated rings. The third-order valence-electron chi connectivity index (χ3n) is 3.94. The Balaban J connectivity index is 1.90. The van der Waals surface area contributed by atoms with Crippen LogP contribution in [0, 0.1) is 0 Å². The third kappa shape index (κ3) is 6.64. The number of methoxy groups -OCH3 is 1. The molecule has 0 radical (unpaired) electrons. The number of anilines is 2. The van der Waals surface area contributed by atoms with Crippen LogP contribution in [0.3, 0.4) is 0 Å². The summed E-state index contributed by atoms with van der Waals surface area (Å²) in [5.74, 6) is 0.564. The van der Waals surface area contributed by atoms with Gasteiger partial charge in [0.15, 0.2) is 0 Å². The SMILES string of the molecule is CCCCC(=O)Nc1ccc(SC(C)C(=O)Nc2ccccc2OC)cc1. The van der Waals surface area contributed by atoms with E-state index in [0.717, 1.165) is 23.4 Å². The van der Waals surface area contributed by atoms with Crippen LogP contribution in [-0.2, 0) is 9.59 Å². The molecule has 2 N–H and O–H groups in total. The van der Waals surface area contributed by atoms with Crippen LogP contribution in [0.5, 0.6) is 5.75 Å². The van der Waals surface area contributed by atoms with Gasteiger partial charge in [0.05, 0.1) is 18.0 Å². The summed E-state index contributed by atoms with van der Waals surface area (Å²) in [6.45, 7) is 3.92. The van der Waals surface area contributed by atoms with Crippen LogP contribution < -0.4 is 15.4 Å². The molecule has 1 unspecified atom stereocenters. The first-order chi connectivity index (χ1) is 13.0. The Labute approximate surface area is 164 Å². The van der Waals surface area contributed by atoms with Gasteiger partial charge in [-0.15, -0.1) is 11.8 Å². The first kappa shape index (κ1) is 20.8. The molecule has 0 saturated carbocycles. The van der Waals surface area contributed by atoms with E-state index in [4.69, 9.17) is 4.74 Å². The van der Waals surface area contributed by atoms with Gasteiger partial charge in [-0.3, -0.25) is 9.59 Å². The van der Waals surface area contributed by atoms with E-state index in [2.05, 4.69) is 17.6 Å². The number of carbonyl (C=O) groups excluding carboxylic acids is 2. The molecule has 0 aliphatic carbocycles. The zero-order chi connectivity index (χ0) is 19.6. The minimum atomic E-state index is -0.278. The molecule has 144 valence electrons. The lowest BCUT2D eigenvalue weighted by Gasteiger charge is -2.14. The average molecular weight is 387 g/mol. The Hall–Kier alpha value is -2.47. The van der Waals surface area contributed by atoms with Crippen molar-refractivity contribution < 1.29 is 14.3 Å². The molecule has 2 aromatic rings. The second kappa shape index (κ2) is 10.6. The lowest BCUT2D eigenvalue weighted by atomic mass is 10.2. The van der Waals surface area contributed by atoms with Gasteiger partial charge in [-0.2, -0.15) is 0 Å². The molecule has 5 nitrogen and oxygen atoms in total. The molecule has 0 bridgehead atoms. The summed E-state index contributed by atoms with van der Waals surface area (Å²) in [6, 6.07) is 14.9. The number of thioether (sulfide) groups is 1. The highest BCUT2D eigenvalue weighted by molar-refractivity contribution is 8.00. The zero-order valence-corrected chi connectivity index (χ0v) is 16.8. The van der Waals surface area contributed by atoms with E-state index in [1.165, 1.54) is 11.8 Å². The smallest absolute Gasteiger partial charge is 0.237 e. The molecule has 0 aliphatic heterocycles. The molecule has 6 heteroatoms. The van der Waals surface area contributed by atoms with Crippen LogP contribution in [0.4, 0.5) is 11.4 Å². The van der Waals surface area contributed by atoms with Crippen molar-refractivity contribution >= 4 is 35.0 Å². The quantitative estimate of drug-likeness (QED) is 0.599. The van der Waals surface area contributed by atoms with Gasteiger partial charge in [-0.05, 0) is 49.7 Å². The molecule has 1 atom stereocenters. The van der Waals surface area contributed by atoms with Gasteiger partial charge in [-0.25, -0.2) is 0 Å². The van der Waals surface area contributed by atoms with Crippen molar-refractivity contribution in [3.63, 3.8) is 0 Å². The van der Waals surface area contributed by atoms with E-state index < -0.39 is 0 Å². The maximum Gasteiger partial charge on any atom is 0.237 e. The summed E-state index contributed by atoms with van der Waals surface area (Å²) in [6.07, 6.45) is 2.42. The van der Waals surface area contributed by atoms with Crippen molar-refractivity contribution in [3.8, 4) is 5.75 Å². The molecule has 2 rings (SSSR count). The number of nitrogens with one attached hydrogen (secondary N) is 2. The van der Waals surface area contributed by atoms with E-state index in [-0.39, 0.29) is 17.1 Å². The minimum absolute atomic E-state index is 0.0295. The van der Waals surface area contributed by atoms with Crippen molar-refractivity contribution in [2.75, 3.05) is 17.7 Å². The van der Waals surface area contributed by atoms with E-state index >= 15 is 0 Å². The molecular weight excluding hydrogens is 360 g/mol. The summed E-state index contributed by atoms with van der Waals surface area (Å²) < 4.78 is 5.26. The average Bonchev–Trinajstić information content (AvgIpc) is 2.68. The highest BCUT2D eigenvalue weighted by atomic mass is 32.2. The van der Waals surface area contributed by atoms with Crippen LogP contribution in [0.25, 0.3) is 0 Å². The Bertz CT molecular complexity index is 762. The Morgan fingerprint density at radius 3 is 2.44 bits per heavy atom. The Kier molecular flexibility index (Phi) is 8.20. The number of hydrogen-bond acceptors (Lipinski definition) is 4. The summed E-state index contributed by atoms with van der Waals surface area (Å²) in [5.41, 5.74) is 1.43. The van der Waals surface area contributed by atoms with Crippen LogP contribution >= 0.6 is 11.8 Å². The molecule has 2 aromatic carbocycles. The van der Waals surface area contributed by atoms with Gasteiger partial charge in [-0.1, -0.05) is 25.5 Å². The number of ether oxygens (including phenoxy) is 1. The fourth-order valence-electron chi connectivity index (χ4n) is 2.42. The number of amides is 2. The second-order valence-electron chi connectivity index (χ2n) is 6.13. The number of carbonyl (C=O) groups is 2. The third-order valence-corrected chi connectivity index (χ3v) is 5.05. The topological polar surface area (TPSA) is 67.4 Å². The molecule has 0 spiro atoms. The zero-order valence-electron chi connectivity index (χ0n) is 16.0. The lowest BCUT2D eigenvalue weighted by molar-refractivity contribution is -0.116. The predicted octanol–water partition coefficient (Wildman–Crippen LogP) is 4.94. The van der Waals surface area contributed by atoms with Gasteiger partial charge in [0.2, 0.25) is 11.8 Å². The van der Waals surface area contributed by atoms with Gasteiger partial charge in [0.1, 0.15) is 5.75 Å². The van der Waals surface area contributed by atoms with Crippen molar-refractivity contribution in [2.24, 2.45) is 0 Å².